The summed E-state index contributed by atoms with van der Waals surface area (Å²) in [5, 5.41) is 8.81. The van der Waals surface area contributed by atoms with Crippen LogP contribution < -0.4 is 0 Å². The second-order valence-corrected chi connectivity index (χ2v) is 11.0. The fourth-order valence-corrected chi connectivity index (χ4v) is 6.13. The standard InChI is InChI=1S/C24H26N4O4S2/c1-5-28(6-2)34(30,31)18-11-9-10-17(14-18)23-26-27-24(32-23)33-16(4)22(29)21-15(3)25-20-13-8-7-12-19(20)21/h7-14,16,25H,5-6H2,1-4H3/t16-/m0/s1. The first-order chi connectivity index (χ1) is 16.3. The minimum Gasteiger partial charge on any atom is -0.411 e. The summed E-state index contributed by atoms with van der Waals surface area (Å²) in [5.74, 6) is 0.161. The maximum Gasteiger partial charge on any atom is 0.277 e. The van der Waals surface area contributed by atoms with Crippen LogP contribution in [-0.4, -0.2) is 52.0 Å². The van der Waals surface area contributed by atoms with Crippen LogP contribution in [0.3, 0.4) is 0 Å². The molecule has 0 bridgehead atoms. The van der Waals surface area contributed by atoms with Crippen LogP contribution in [0.5, 0.6) is 0 Å². The number of carbonyl (C=O) groups is 1. The Morgan fingerprint density at radius 2 is 1.85 bits per heavy atom. The minimum absolute atomic E-state index is 0.0352. The third-order valence-electron chi connectivity index (χ3n) is 5.62. The molecule has 0 radical (unpaired) electrons. The number of H-pyrrole nitrogens is 1. The Morgan fingerprint density at radius 3 is 2.59 bits per heavy atom. The predicted molar refractivity (Wildman–Crippen MR) is 133 cm³/mol. The molecule has 0 aliphatic rings. The number of ketones is 1. The number of nitrogens with zero attached hydrogens (tertiary/aromatic N) is 3. The average molecular weight is 499 g/mol. The highest BCUT2D eigenvalue weighted by molar-refractivity contribution is 8.00. The van der Waals surface area contributed by atoms with Crippen molar-refractivity contribution in [2.45, 2.75) is 43.1 Å². The molecule has 0 fully saturated rings. The molecule has 1 atom stereocenters. The van der Waals surface area contributed by atoms with Crippen molar-refractivity contribution in [2.24, 2.45) is 0 Å². The number of nitrogens with one attached hydrogen (secondary N) is 1. The quantitative estimate of drug-likeness (QED) is 0.258. The molecule has 10 heteroatoms. The number of para-hydroxylation sites is 1. The first-order valence-electron chi connectivity index (χ1n) is 11.0. The van der Waals surface area contributed by atoms with E-state index in [0.717, 1.165) is 16.6 Å². The molecular weight excluding hydrogens is 472 g/mol. The zero-order chi connectivity index (χ0) is 24.5. The summed E-state index contributed by atoms with van der Waals surface area (Å²) >= 11 is 1.17. The van der Waals surface area contributed by atoms with Gasteiger partial charge < -0.3 is 9.40 Å². The van der Waals surface area contributed by atoms with Gasteiger partial charge in [0.1, 0.15) is 0 Å². The number of fused-ring (bicyclic) bond motifs is 1. The molecule has 2 aromatic carbocycles. The second-order valence-electron chi connectivity index (χ2n) is 7.79. The van der Waals surface area contributed by atoms with Gasteiger partial charge in [0.15, 0.2) is 5.78 Å². The highest BCUT2D eigenvalue weighted by Gasteiger charge is 2.25. The van der Waals surface area contributed by atoms with Crippen LogP contribution in [0.1, 0.15) is 36.8 Å². The molecule has 0 spiro atoms. The molecule has 0 aliphatic carbocycles. The summed E-state index contributed by atoms with van der Waals surface area (Å²) in [6, 6.07) is 14.1. The van der Waals surface area contributed by atoms with E-state index in [2.05, 4.69) is 15.2 Å². The molecule has 34 heavy (non-hydrogen) atoms. The Morgan fingerprint density at radius 1 is 1.12 bits per heavy atom. The predicted octanol–water partition coefficient (Wildman–Crippen LogP) is 4.92. The van der Waals surface area contributed by atoms with Crippen LogP contribution in [0.15, 0.2) is 63.1 Å². The zero-order valence-electron chi connectivity index (χ0n) is 19.4. The number of rotatable bonds is 9. The van der Waals surface area contributed by atoms with Gasteiger partial charge in [0.05, 0.1) is 10.1 Å². The average Bonchev–Trinajstić information content (AvgIpc) is 3.42. The van der Waals surface area contributed by atoms with E-state index in [9.17, 15) is 13.2 Å². The minimum atomic E-state index is -3.61. The number of carbonyl (C=O) groups excluding carboxylic acids is 1. The van der Waals surface area contributed by atoms with E-state index >= 15 is 0 Å². The maximum absolute atomic E-state index is 13.2. The first kappa shape index (κ1) is 24.2. The molecule has 0 unspecified atom stereocenters. The van der Waals surface area contributed by atoms with E-state index in [1.807, 2.05) is 31.2 Å². The summed E-state index contributed by atoms with van der Waals surface area (Å²) in [6.07, 6.45) is 0. The van der Waals surface area contributed by atoms with Gasteiger partial charge in [-0.05, 0) is 38.1 Å². The van der Waals surface area contributed by atoms with E-state index < -0.39 is 15.3 Å². The molecular formula is C24H26N4O4S2. The second kappa shape index (κ2) is 9.73. The van der Waals surface area contributed by atoms with Crippen molar-refractivity contribution in [3.63, 3.8) is 0 Å². The maximum atomic E-state index is 13.2. The highest BCUT2D eigenvalue weighted by Crippen LogP contribution is 2.31. The van der Waals surface area contributed by atoms with Crippen molar-refractivity contribution < 1.29 is 17.6 Å². The summed E-state index contributed by atoms with van der Waals surface area (Å²) in [7, 11) is -3.61. The molecule has 2 aromatic heterocycles. The lowest BCUT2D eigenvalue weighted by Crippen LogP contribution is -2.30. The molecule has 0 amide bonds. The van der Waals surface area contributed by atoms with Crippen molar-refractivity contribution in [1.82, 2.24) is 19.5 Å². The Balaban J connectivity index is 1.55. The van der Waals surface area contributed by atoms with Gasteiger partial charge in [0, 0.05) is 40.8 Å². The van der Waals surface area contributed by atoms with E-state index in [0.29, 0.717) is 24.2 Å². The lowest BCUT2D eigenvalue weighted by atomic mass is 10.1. The number of Topliss-reactive ketones (excluding diaryl/α,β-unsaturated/α-hetero) is 1. The lowest BCUT2D eigenvalue weighted by molar-refractivity contribution is 0.0994. The van der Waals surface area contributed by atoms with Crippen LogP contribution in [0.2, 0.25) is 0 Å². The van der Waals surface area contributed by atoms with Gasteiger partial charge in [-0.15, -0.1) is 10.2 Å². The molecule has 0 saturated carbocycles. The molecule has 0 saturated heterocycles. The molecule has 1 N–H and O–H groups in total. The monoisotopic (exact) mass is 498 g/mol. The molecule has 4 aromatic rings. The number of sulfonamides is 1. The van der Waals surface area contributed by atoms with Crippen molar-refractivity contribution in [1.29, 1.82) is 0 Å². The normalized spacial score (nSPS) is 13.0. The Hall–Kier alpha value is -2.95. The topological polar surface area (TPSA) is 109 Å². The SMILES string of the molecule is CCN(CC)S(=O)(=O)c1cccc(-c2nnc(S[C@@H](C)C(=O)c3c(C)[nH]c4ccccc34)o2)c1. The zero-order valence-corrected chi connectivity index (χ0v) is 21.0. The van der Waals surface area contributed by atoms with Crippen LogP contribution in [0, 0.1) is 6.92 Å². The molecule has 4 rings (SSSR count). The number of hydrogen-bond donors (Lipinski definition) is 1. The number of aromatic nitrogens is 3. The Bertz CT molecular complexity index is 1440. The Kier molecular flexibility index (Phi) is 6.92. The summed E-state index contributed by atoms with van der Waals surface area (Å²) in [6.45, 7) is 8.04. The van der Waals surface area contributed by atoms with Crippen molar-refractivity contribution in [3.8, 4) is 11.5 Å². The van der Waals surface area contributed by atoms with E-state index in [4.69, 9.17) is 4.42 Å². The Labute approximate surface area is 202 Å². The van der Waals surface area contributed by atoms with Crippen LogP contribution >= 0.6 is 11.8 Å². The van der Waals surface area contributed by atoms with E-state index in [1.54, 1.807) is 39.0 Å². The molecule has 8 nitrogen and oxygen atoms in total. The smallest absolute Gasteiger partial charge is 0.277 e. The van der Waals surface area contributed by atoms with Crippen LogP contribution in [0.25, 0.3) is 22.4 Å². The highest BCUT2D eigenvalue weighted by atomic mass is 32.2. The lowest BCUT2D eigenvalue weighted by Gasteiger charge is -2.18. The van der Waals surface area contributed by atoms with Crippen molar-refractivity contribution in [2.75, 3.05) is 13.1 Å². The summed E-state index contributed by atoms with van der Waals surface area (Å²) in [5.41, 5.74) is 2.89. The number of aryl methyl sites for hydroxylation is 1. The fraction of sp³-hybridized carbons (Fsp3) is 0.292. The number of benzene rings is 2. The fourth-order valence-electron chi connectivity index (χ4n) is 3.88. The van der Waals surface area contributed by atoms with Crippen molar-refractivity contribution in [3.05, 3.63) is 59.8 Å². The largest absolute Gasteiger partial charge is 0.411 e. The number of hydrogen-bond acceptors (Lipinski definition) is 7. The van der Waals surface area contributed by atoms with Gasteiger partial charge in [-0.25, -0.2) is 8.42 Å². The van der Waals surface area contributed by atoms with Gasteiger partial charge in [-0.2, -0.15) is 4.31 Å². The van der Waals surface area contributed by atoms with Crippen LogP contribution in [0.4, 0.5) is 0 Å². The molecule has 0 aliphatic heterocycles. The molecule has 2 heterocycles. The molecule has 178 valence electrons. The van der Waals surface area contributed by atoms with E-state index in [1.165, 1.54) is 22.1 Å². The third-order valence-corrected chi connectivity index (χ3v) is 8.60. The number of aromatic amines is 1. The van der Waals surface area contributed by atoms with Crippen LogP contribution in [-0.2, 0) is 10.0 Å². The van der Waals surface area contributed by atoms with Gasteiger partial charge in [0.25, 0.3) is 5.22 Å². The number of thioether (sulfide) groups is 1. The van der Waals surface area contributed by atoms with Gasteiger partial charge >= 0.3 is 0 Å². The van der Waals surface area contributed by atoms with E-state index in [-0.39, 0.29) is 21.8 Å². The van der Waals surface area contributed by atoms with Crippen molar-refractivity contribution >= 4 is 38.5 Å². The summed E-state index contributed by atoms with van der Waals surface area (Å²) in [4.78, 5) is 16.6. The van der Waals surface area contributed by atoms with Gasteiger partial charge in [-0.3, -0.25) is 4.79 Å². The first-order valence-corrected chi connectivity index (χ1v) is 13.3. The third kappa shape index (κ3) is 4.53. The summed E-state index contributed by atoms with van der Waals surface area (Å²) < 4.78 is 32.9. The van der Waals surface area contributed by atoms with Gasteiger partial charge in [-0.1, -0.05) is 49.9 Å². The van der Waals surface area contributed by atoms with Gasteiger partial charge in [0.2, 0.25) is 15.9 Å².